The van der Waals surface area contributed by atoms with Gasteiger partial charge in [-0.25, -0.2) is 0 Å². The maximum atomic E-state index is 12.7. The molecule has 3 unspecified atom stereocenters. The Hall–Kier alpha value is -0.220. The summed E-state index contributed by atoms with van der Waals surface area (Å²) in [7, 11) is 0. The zero-order valence-corrected chi connectivity index (χ0v) is 13.2. The molecule has 1 heterocycles. The van der Waals surface area contributed by atoms with E-state index in [1.54, 1.807) is 0 Å². The van der Waals surface area contributed by atoms with E-state index in [9.17, 15) is 4.79 Å². The fourth-order valence-electron chi connectivity index (χ4n) is 3.57. The van der Waals surface area contributed by atoms with E-state index in [4.69, 9.17) is 0 Å². The maximum absolute atomic E-state index is 12.7. The number of rotatable bonds is 5. The Balaban J connectivity index is 1.91. The van der Waals surface area contributed by atoms with Crippen molar-refractivity contribution in [1.29, 1.82) is 0 Å². The molecule has 0 spiro atoms. The van der Waals surface area contributed by atoms with Gasteiger partial charge in [-0.05, 0) is 44.9 Å². The lowest BCUT2D eigenvalue weighted by Crippen LogP contribution is -2.48. The Morgan fingerprint density at radius 1 is 1.47 bits per heavy atom. The van der Waals surface area contributed by atoms with Gasteiger partial charge in [-0.3, -0.25) is 4.79 Å². The van der Waals surface area contributed by atoms with E-state index in [1.807, 2.05) is 11.8 Å². The van der Waals surface area contributed by atoms with E-state index in [0.717, 1.165) is 44.0 Å². The monoisotopic (exact) mass is 284 g/mol. The number of amides is 1. The van der Waals surface area contributed by atoms with Gasteiger partial charge in [0.25, 0.3) is 0 Å². The summed E-state index contributed by atoms with van der Waals surface area (Å²) in [4.78, 5) is 12.7. The van der Waals surface area contributed by atoms with E-state index >= 15 is 0 Å². The third-order valence-corrected chi connectivity index (χ3v) is 5.84. The first-order chi connectivity index (χ1) is 9.20. The lowest BCUT2D eigenvalue weighted by Gasteiger charge is -2.33. The van der Waals surface area contributed by atoms with Crippen molar-refractivity contribution in [2.75, 3.05) is 19.3 Å². The van der Waals surface area contributed by atoms with Crippen LogP contribution in [-0.4, -0.2) is 36.5 Å². The minimum absolute atomic E-state index is 0.124. The second-order valence-electron chi connectivity index (χ2n) is 6.15. The van der Waals surface area contributed by atoms with Crippen LogP contribution in [0.3, 0.4) is 0 Å². The van der Waals surface area contributed by atoms with Crippen LogP contribution in [0.2, 0.25) is 0 Å². The molecule has 1 aliphatic carbocycles. The minimum atomic E-state index is -0.124. The highest BCUT2D eigenvalue weighted by Gasteiger charge is 2.41. The van der Waals surface area contributed by atoms with Crippen LogP contribution in [0.4, 0.5) is 0 Å². The van der Waals surface area contributed by atoms with Crippen molar-refractivity contribution in [3.05, 3.63) is 0 Å². The van der Waals surface area contributed by atoms with Gasteiger partial charge < -0.3 is 10.6 Å². The van der Waals surface area contributed by atoms with Crippen LogP contribution >= 0.6 is 11.8 Å². The quantitative estimate of drug-likeness (QED) is 0.815. The molecular formula is C15H28N2OS. The zero-order valence-electron chi connectivity index (χ0n) is 12.3. The number of carbonyl (C=O) groups is 1. The first-order valence-corrected chi connectivity index (χ1v) is 9.03. The third kappa shape index (κ3) is 3.66. The van der Waals surface area contributed by atoms with Gasteiger partial charge in [0.1, 0.15) is 0 Å². The highest BCUT2D eigenvalue weighted by Crippen LogP contribution is 2.33. The summed E-state index contributed by atoms with van der Waals surface area (Å²) in [6.45, 7) is 4.04. The topological polar surface area (TPSA) is 41.1 Å². The van der Waals surface area contributed by atoms with Gasteiger partial charge >= 0.3 is 0 Å². The number of hydrogen-bond acceptors (Lipinski definition) is 3. The van der Waals surface area contributed by atoms with Crippen LogP contribution in [-0.2, 0) is 4.79 Å². The highest BCUT2D eigenvalue weighted by molar-refractivity contribution is 7.99. The van der Waals surface area contributed by atoms with Crippen molar-refractivity contribution >= 4 is 17.7 Å². The molecule has 0 aromatic rings. The van der Waals surface area contributed by atoms with Crippen molar-refractivity contribution < 1.29 is 4.79 Å². The molecule has 1 saturated carbocycles. The lowest BCUT2D eigenvalue weighted by molar-refractivity contribution is -0.131. The summed E-state index contributed by atoms with van der Waals surface area (Å²) in [5.41, 5.74) is -0.124. The summed E-state index contributed by atoms with van der Waals surface area (Å²) < 4.78 is 0. The molecule has 1 amide bonds. The molecule has 2 fully saturated rings. The number of thioether (sulfide) groups is 1. The normalized spacial score (nSPS) is 35.3. The van der Waals surface area contributed by atoms with Gasteiger partial charge in [0, 0.05) is 17.8 Å². The predicted molar refractivity (Wildman–Crippen MR) is 82.5 cm³/mol. The molecule has 19 heavy (non-hydrogen) atoms. The van der Waals surface area contributed by atoms with Crippen molar-refractivity contribution in [2.45, 2.75) is 63.2 Å². The van der Waals surface area contributed by atoms with Crippen LogP contribution < -0.4 is 10.6 Å². The van der Waals surface area contributed by atoms with E-state index in [2.05, 4.69) is 23.8 Å². The summed E-state index contributed by atoms with van der Waals surface area (Å²) >= 11 is 1.95. The molecule has 1 saturated heterocycles. The zero-order chi connectivity index (χ0) is 13.7. The van der Waals surface area contributed by atoms with E-state index in [0.29, 0.717) is 11.9 Å². The molecule has 3 nitrogen and oxygen atoms in total. The van der Waals surface area contributed by atoms with Crippen LogP contribution in [0.15, 0.2) is 0 Å². The molecule has 110 valence electrons. The van der Waals surface area contributed by atoms with Crippen molar-refractivity contribution in [3.63, 3.8) is 0 Å². The van der Waals surface area contributed by atoms with Gasteiger partial charge in [-0.2, -0.15) is 11.8 Å². The van der Waals surface area contributed by atoms with Crippen LogP contribution in [0.25, 0.3) is 0 Å². The minimum Gasteiger partial charge on any atom is -0.353 e. The molecule has 2 rings (SSSR count). The second kappa shape index (κ2) is 6.98. The molecule has 2 N–H and O–H groups in total. The molecule has 4 heteroatoms. The van der Waals surface area contributed by atoms with Crippen molar-refractivity contribution in [3.8, 4) is 0 Å². The third-order valence-electron chi connectivity index (χ3n) is 4.75. The maximum Gasteiger partial charge on any atom is 0.227 e. The average molecular weight is 284 g/mol. The summed E-state index contributed by atoms with van der Waals surface area (Å²) in [5.74, 6) is 0.311. The molecule has 0 aromatic carbocycles. The first-order valence-electron chi connectivity index (χ1n) is 7.74. The highest BCUT2D eigenvalue weighted by atomic mass is 32.2. The fraction of sp³-hybridized carbons (Fsp3) is 0.933. The number of carbonyl (C=O) groups excluding carboxylic acids is 1. The molecule has 0 bridgehead atoms. The molecule has 0 radical (unpaired) electrons. The summed E-state index contributed by atoms with van der Waals surface area (Å²) in [6, 6.07) is 0.410. The van der Waals surface area contributed by atoms with E-state index < -0.39 is 0 Å². The van der Waals surface area contributed by atoms with Gasteiger partial charge in [-0.15, -0.1) is 0 Å². The Bertz CT molecular complexity index is 303. The SMILES string of the molecule is CCCC1(C(=O)NC2CCCC(SC)C2)CCNC1. The second-order valence-corrected chi connectivity index (χ2v) is 7.29. The van der Waals surface area contributed by atoms with Gasteiger partial charge in [-0.1, -0.05) is 19.8 Å². The molecule has 1 aliphatic heterocycles. The molecular weight excluding hydrogens is 256 g/mol. The van der Waals surface area contributed by atoms with Gasteiger partial charge in [0.2, 0.25) is 5.91 Å². The van der Waals surface area contributed by atoms with Crippen molar-refractivity contribution in [2.24, 2.45) is 5.41 Å². The van der Waals surface area contributed by atoms with Crippen LogP contribution in [0.5, 0.6) is 0 Å². The molecule has 3 atom stereocenters. The van der Waals surface area contributed by atoms with Gasteiger partial charge in [0.05, 0.1) is 5.41 Å². The summed E-state index contributed by atoms with van der Waals surface area (Å²) in [6.07, 6.45) is 10.2. The Labute approximate surface area is 121 Å². The molecule has 0 aromatic heterocycles. The Morgan fingerprint density at radius 3 is 2.95 bits per heavy atom. The Morgan fingerprint density at radius 2 is 2.32 bits per heavy atom. The standard InChI is InChI=1S/C15H28N2OS/c1-3-7-15(8-9-16-11-15)14(18)17-12-5-4-6-13(10-12)19-2/h12-13,16H,3-11H2,1-2H3,(H,17,18). The predicted octanol–water partition coefficient (Wildman–Crippen LogP) is 2.56. The Kier molecular flexibility index (Phi) is 5.58. The lowest BCUT2D eigenvalue weighted by atomic mass is 9.81. The smallest absolute Gasteiger partial charge is 0.227 e. The number of hydrogen-bond donors (Lipinski definition) is 2. The molecule has 2 aliphatic rings. The van der Waals surface area contributed by atoms with Crippen molar-refractivity contribution in [1.82, 2.24) is 10.6 Å². The van der Waals surface area contributed by atoms with E-state index in [-0.39, 0.29) is 5.41 Å². The number of nitrogens with one attached hydrogen (secondary N) is 2. The van der Waals surface area contributed by atoms with Crippen LogP contribution in [0.1, 0.15) is 51.9 Å². The summed E-state index contributed by atoms with van der Waals surface area (Å²) in [5, 5.41) is 7.47. The average Bonchev–Trinajstić information content (AvgIpc) is 2.89. The largest absolute Gasteiger partial charge is 0.353 e. The fourth-order valence-corrected chi connectivity index (χ4v) is 4.40. The van der Waals surface area contributed by atoms with E-state index in [1.165, 1.54) is 19.3 Å². The van der Waals surface area contributed by atoms with Crippen LogP contribution in [0, 0.1) is 5.41 Å². The first kappa shape index (κ1) is 15.2. The van der Waals surface area contributed by atoms with Gasteiger partial charge in [0.15, 0.2) is 0 Å².